The molecule has 144 valence electrons. The Kier molecular flexibility index (Phi) is 6.45. The van der Waals surface area contributed by atoms with Crippen LogP contribution in [0.3, 0.4) is 0 Å². The highest BCUT2D eigenvalue weighted by molar-refractivity contribution is 5.95. The van der Waals surface area contributed by atoms with Gasteiger partial charge < -0.3 is 14.2 Å². The van der Waals surface area contributed by atoms with Crippen molar-refractivity contribution in [3.63, 3.8) is 0 Å². The van der Waals surface area contributed by atoms with Crippen LogP contribution in [0.15, 0.2) is 41.5 Å². The number of amides is 1. The first kappa shape index (κ1) is 20.3. The first-order valence-corrected chi connectivity index (χ1v) is 8.54. The second-order valence-corrected chi connectivity index (χ2v) is 6.97. The fourth-order valence-corrected chi connectivity index (χ4v) is 2.50. The van der Waals surface area contributed by atoms with E-state index in [2.05, 4.69) is 31.3 Å². The van der Waals surface area contributed by atoms with Gasteiger partial charge in [0.05, 0.1) is 33.1 Å². The molecule has 0 atom stereocenters. The molecule has 0 aliphatic carbocycles. The van der Waals surface area contributed by atoms with Gasteiger partial charge in [-0.2, -0.15) is 5.10 Å². The van der Waals surface area contributed by atoms with Gasteiger partial charge in [-0.1, -0.05) is 32.9 Å². The van der Waals surface area contributed by atoms with E-state index in [-0.39, 0.29) is 11.3 Å². The molecule has 0 fully saturated rings. The van der Waals surface area contributed by atoms with E-state index in [9.17, 15) is 4.79 Å². The van der Waals surface area contributed by atoms with Crippen LogP contribution in [0.2, 0.25) is 0 Å². The van der Waals surface area contributed by atoms with E-state index in [1.54, 1.807) is 45.6 Å². The average molecular weight is 370 g/mol. The summed E-state index contributed by atoms with van der Waals surface area (Å²) in [6.07, 6.45) is 1.48. The Morgan fingerprint density at radius 3 is 1.96 bits per heavy atom. The highest BCUT2D eigenvalue weighted by Gasteiger charge is 2.14. The molecule has 2 aromatic rings. The van der Waals surface area contributed by atoms with Gasteiger partial charge in [-0.25, -0.2) is 5.43 Å². The predicted molar refractivity (Wildman–Crippen MR) is 106 cm³/mol. The lowest BCUT2D eigenvalue weighted by Crippen LogP contribution is -2.18. The summed E-state index contributed by atoms with van der Waals surface area (Å²) in [5.41, 5.74) is 4.86. The zero-order valence-electron chi connectivity index (χ0n) is 16.6. The number of carbonyl (C=O) groups is 1. The van der Waals surface area contributed by atoms with Gasteiger partial charge in [-0.3, -0.25) is 4.79 Å². The lowest BCUT2D eigenvalue weighted by Gasteiger charge is -2.18. The van der Waals surface area contributed by atoms with Crippen molar-refractivity contribution in [3.05, 3.63) is 53.1 Å². The molecule has 0 aliphatic rings. The van der Waals surface area contributed by atoms with Crippen LogP contribution >= 0.6 is 0 Å². The Labute approximate surface area is 160 Å². The summed E-state index contributed by atoms with van der Waals surface area (Å²) >= 11 is 0. The first-order valence-electron chi connectivity index (χ1n) is 8.54. The van der Waals surface area contributed by atoms with Gasteiger partial charge in [0.25, 0.3) is 5.91 Å². The van der Waals surface area contributed by atoms with Crippen LogP contribution in [0.4, 0.5) is 0 Å². The second kappa shape index (κ2) is 8.58. The van der Waals surface area contributed by atoms with Crippen LogP contribution in [0, 0.1) is 0 Å². The van der Waals surface area contributed by atoms with Crippen molar-refractivity contribution in [2.75, 3.05) is 21.3 Å². The number of benzene rings is 2. The van der Waals surface area contributed by atoms with E-state index >= 15 is 0 Å². The van der Waals surface area contributed by atoms with E-state index in [1.807, 2.05) is 12.1 Å². The van der Waals surface area contributed by atoms with Crippen molar-refractivity contribution in [2.24, 2.45) is 5.10 Å². The largest absolute Gasteiger partial charge is 0.496 e. The predicted octanol–water partition coefficient (Wildman–Crippen LogP) is 3.77. The number of hydrazone groups is 1. The maximum Gasteiger partial charge on any atom is 0.271 e. The summed E-state index contributed by atoms with van der Waals surface area (Å²) < 4.78 is 15.9. The molecule has 1 N–H and O–H groups in total. The minimum Gasteiger partial charge on any atom is -0.496 e. The molecule has 0 aliphatic heterocycles. The zero-order valence-corrected chi connectivity index (χ0v) is 16.6. The summed E-state index contributed by atoms with van der Waals surface area (Å²) in [6, 6.07) is 10.9. The van der Waals surface area contributed by atoms with Crippen LogP contribution < -0.4 is 19.6 Å². The number of hydrogen-bond acceptors (Lipinski definition) is 5. The Hall–Kier alpha value is -3.02. The first-order chi connectivity index (χ1) is 12.8. The maximum absolute atomic E-state index is 12.3. The molecule has 6 heteroatoms. The van der Waals surface area contributed by atoms with Crippen LogP contribution in [0.1, 0.15) is 42.3 Å². The van der Waals surface area contributed by atoms with Crippen molar-refractivity contribution >= 4 is 12.1 Å². The van der Waals surface area contributed by atoms with Crippen molar-refractivity contribution in [2.45, 2.75) is 26.2 Å². The molecule has 0 radical (unpaired) electrons. The molecule has 0 spiro atoms. The van der Waals surface area contributed by atoms with E-state index < -0.39 is 0 Å². The molecular weight excluding hydrogens is 344 g/mol. The van der Waals surface area contributed by atoms with Crippen molar-refractivity contribution < 1.29 is 19.0 Å². The van der Waals surface area contributed by atoms with Crippen LogP contribution in [-0.2, 0) is 5.41 Å². The number of methoxy groups -OCH3 is 3. The second-order valence-electron chi connectivity index (χ2n) is 6.97. The van der Waals surface area contributed by atoms with Gasteiger partial charge in [0.2, 0.25) is 0 Å². The van der Waals surface area contributed by atoms with Gasteiger partial charge in [-0.15, -0.1) is 0 Å². The molecule has 1 amide bonds. The van der Waals surface area contributed by atoms with Gasteiger partial charge in [-0.05, 0) is 23.1 Å². The van der Waals surface area contributed by atoms with Gasteiger partial charge in [0, 0.05) is 17.7 Å². The Bertz CT molecular complexity index is 796. The molecule has 6 nitrogen and oxygen atoms in total. The average Bonchev–Trinajstić information content (AvgIpc) is 2.66. The molecule has 0 saturated heterocycles. The lowest BCUT2D eigenvalue weighted by molar-refractivity contribution is 0.0955. The third-order valence-corrected chi connectivity index (χ3v) is 4.13. The van der Waals surface area contributed by atoms with Gasteiger partial charge >= 0.3 is 0 Å². The molecule has 0 unspecified atom stereocenters. The molecule has 0 heterocycles. The maximum atomic E-state index is 12.3. The zero-order chi connectivity index (χ0) is 20.0. The van der Waals surface area contributed by atoms with Crippen LogP contribution in [-0.4, -0.2) is 33.5 Å². The lowest BCUT2D eigenvalue weighted by atomic mass is 9.87. The van der Waals surface area contributed by atoms with Gasteiger partial charge in [0.1, 0.15) is 17.2 Å². The minimum atomic E-state index is -0.293. The standard InChI is InChI=1S/C21H26N2O4/c1-21(2,3)15-9-7-14(8-10-15)20(24)23-22-13-17-18(26-5)11-16(25-4)12-19(17)27-6/h7-13H,1-6H3,(H,23,24). The third-order valence-electron chi connectivity index (χ3n) is 4.13. The van der Waals surface area contributed by atoms with Crippen molar-refractivity contribution in [1.29, 1.82) is 0 Å². The molecule has 2 aromatic carbocycles. The minimum absolute atomic E-state index is 0.0363. The van der Waals surface area contributed by atoms with E-state index in [4.69, 9.17) is 14.2 Å². The highest BCUT2D eigenvalue weighted by atomic mass is 16.5. The summed E-state index contributed by atoms with van der Waals surface area (Å²) in [5, 5.41) is 4.04. The highest BCUT2D eigenvalue weighted by Crippen LogP contribution is 2.32. The number of ether oxygens (including phenoxy) is 3. The summed E-state index contributed by atoms with van der Waals surface area (Å²) in [5.74, 6) is 1.36. The topological polar surface area (TPSA) is 69.2 Å². The molecule has 0 bridgehead atoms. The molecular formula is C21H26N2O4. The normalized spacial score (nSPS) is 11.3. The number of carbonyl (C=O) groups excluding carboxylic acids is 1. The summed E-state index contributed by atoms with van der Waals surface area (Å²) in [7, 11) is 4.65. The quantitative estimate of drug-likeness (QED) is 0.621. The van der Waals surface area contributed by atoms with Crippen LogP contribution in [0.5, 0.6) is 17.2 Å². The van der Waals surface area contributed by atoms with E-state index in [0.717, 1.165) is 5.56 Å². The summed E-state index contributed by atoms with van der Waals surface area (Å²) in [6.45, 7) is 6.38. The van der Waals surface area contributed by atoms with Crippen LogP contribution in [0.25, 0.3) is 0 Å². The number of nitrogens with zero attached hydrogens (tertiary/aromatic N) is 1. The number of rotatable bonds is 6. The van der Waals surface area contributed by atoms with E-state index in [0.29, 0.717) is 28.4 Å². The molecule has 0 saturated carbocycles. The summed E-state index contributed by atoms with van der Waals surface area (Å²) in [4.78, 5) is 12.3. The molecule has 0 aromatic heterocycles. The Balaban J connectivity index is 2.16. The molecule has 2 rings (SSSR count). The fourth-order valence-electron chi connectivity index (χ4n) is 2.50. The van der Waals surface area contributed by atoms with Crippen molar-refractivity contribution in [3.8, 4) is 17.2 Å². The number of hydrogen-bond donors (Lipinski definition) is 1. The smallest absolute Gasteiger partial charge is 0.271 e. The SMILES string of the molecule is COc1cc(OC)c(C=NNC(=O)c2ccc(C(C)(C)C)cc2)c(OC)c1. The van der Waals surface area contributed by atoms with Crippen molar-refractivity contribution in [1.82, 2.24) is 5.43 Å². The fraction of sp³-hybridized carbons (Fsp3) is 0.333. The molecule has 27 heavy (non-hydrogen) atoms. The van der Waals surface area contributed by atoms with Gasteiger partial charge in [0.15, 0.2) is 0 Å². The third kappa shape index (κ3) is 5.00. The Morgan fingerprint density at radius 2 is 1.52 bits per heavy atom. The monoisotopic (exact) mass is 370 g/mol. The number of nitrogens with one attached hydrogen (secondary N) is 1. The van der Waals surface area contributed by atoms with E-state index in [1.165, 1.54) is 6.21 Å². The Morgan fingerprint density at radius 1 is 0.963 bits per heavy atom.